The summed E-state index contributed by atoms with van der Waals surface area (Å²) in [6.07, 6.45) is 1.79. The number of aryl methyl sites for hydroxylation is 1. The molecular formula is C35H35Cl4N3O4S. The largest absolute Gasteiger partial charge is 0.354 e. The Morgan fingerprint density at radius 2 is 1.51 bits per heavy atom. The fraction of sp³-hybridized carbons (Fsp3) is 0.257. The molecule has 248 valence electrons. The Bertz CT molecular complexity index is 1810. The van der Waals surface area contributed by atoms with Crippen molar-refractivity contribution in [2.45, 2.75) is 50.6 Å². The van der Waals surface area contributed by atoms with Crippen LogP contribution in [0.15, 0.2) is 95.9 Å². The smallest absolute Gasteiger partial charge is 0.264 e. The molecule has 1 N–H and O–H groups in total. The van der Waals surface area contributed by atoms with Gasteiger partial charge < -0.3 is 10.2 Å². The van der Waals surface area contributed by atoms with Gasteiger partial charge in [0.1, 0.15) is 12.6 Å². The van der Waals surface area contributed by atoms with Gasteiger partial charge in [-0.05, 0) is 60.9 Å². The van der Waals surface area contributed by atoms with E-state index in [9.17, 15) is 18.0 Å². The Morgan fingerprint density at radius 1 is 0.809 bits per heavy atom. The first kappa shape index (κ1) is 36.6. The number of carbonyl (C=O) groups is 2. The molecule has 0 aliphatic rings. The van der Waals surface area contributed by atoms with Crippen molar-refractivity contribution in [2.75, 3.05) is 17.4 Å². The molecule has 4 aromatic rings. The van der Waals surface area contributed by atoms with Crippen molar-refractivity contribution < 1.29 is 18.0 Å². The summed E-state index contributed by atoms with van der Waals surface area (Å²) in [5.41, 5.74) is 2.30. The van der Waals surface area contributed by atoms with Gasteiger partial charge >= 0.3 is 0 Å². The average molecular weight is 736 g/mol. The van der Waals surface area contributed by atoms with E-state index in [4.69, 9.17) is 46.4 Å². The Hall–Kier alpha value is -3.27. The summed E-state index contributed by atoms with van der Waals surface area (Å²) in [7, 11) is -4.34. The van der Waals surface area contributed by atoms with Crippen LogP contribution in [0.1, 0.15) is 36.5 Å². The molecule has 0 saturated carbocycles. The molecule has 0 bridgehead atoms. The summed E-state index contributed by atoms with van der Waals surface area (Å²) in [5.74, 6) is -1.01. The molecule has 0 radical (unpaired) electrons. The highest BCUT2D eigenvalue weighted by Gasteiger charge is 2.35. The van der Waals surface area contributed by atoms with Gasteiger partial charge in [-0.15, -0.1) is 0 Å². The second-order valence-electron chi connectivity index (χ2n) is 11.0. The third-order valence-electron chi connectivity index (χ3n) is 7.53. The minimum Gasteiger partial charge on any atom is -0.354 e. The van der Waals surface area contributed by atoms with Gasteiger partial charge in [-0.1, -0.05) is 120 Å². The van der Waals surface area contributed by atoms with Crippen LogP contribution in [-0.4, -0.2) is 44.3 Å². The van der Waals surface area contributed by atoms with E-state index < -0.39 is 28.5 Å². The molecule has 0 saturated heterocycles. The molecule has 0 aliphatic heterocycles. The number of nitrogens with one attached hydrogen (secondary N) is 1. The van der Waals surface area contributed by atoms with E-state index in [0.29, 0.717) is 17.1 Å². The van der Waals surface area contributed by atoms with E-state index in [2.05, 4.69) is 5.32 Å². The van der Waals surface area contributed by atoms with Gasteiger partial charge in [-0.25, -0.2) is 8.42 Å². The Kier molecular flexibility index (Phi) is 13.0. The molecule has 0 heterocycles. The molecule has 0 fully saturated rings. The van der Waals surface area contributed by atoms with Crippen molar-refractivity contribution in [2.24, 2.45) is 0 Å². The Balaban J connectivity index is 1.83. The number of rotatable bonds is 14. The van der Waals surface area contributed by atoms with Crippen LogP contribution in [0.3, 0.4) is 0 Å². The van der Waals surface area contributed by atoms with Crippen LogP contribution in [0.25, 0.3) is 0 Å². The van der Waals surface area contributed by atoms with Gasteiger partial charge in [0, 0.05) is 19.5 Å². The van der Waals surface area contributed by atoms with Crippen LogP contribution in [0.5, 0.6) is 0 Å². The SMILES string of the molecule is CCCCNC(=O)C(Cc1ccccc1)N(Cc1ccc(Cl)c(Cl)c1)C(=O)CN(c1cccc(Cl)c1Cl)S(=O)(=O)c1ccc(C)cc1. The number of halogens is 4. The van der Waals surface area contributed by atoms with E-state index in [1.807, 2.05) is 44.2 Å². The monoisotopic (exact) mass is 733 g/mol. The summed E-state index contributed by atoms with van der Waals surface area (Å²) in [4.78, 5) is 29.8. The first-order valence-electron chi connectivity index (χ1n) is 15.0. The van der Waals surface area contributed by atoms with E-state index in [0.717, 1.165) is 28.3 Å². The van der Waals surface area contributed by atoms with E-state index in [-0.39, 0.29) is 44.5 Å². The van der Waals surface area contributed by atoms with Crippen LogP contribution in [0, 0.1) is 6.92 Å². The molecule has 0 aromatic heterocycles. The van der Waals surface area contributed by atoms with Crippen LogP contribution in [-0.2, 0) is 32.6 Å². The fourth-order valence-corrected chi connectivity index (χ4v) is 7.12. The minimum atomic E-state index is -4.34. The van der Waals surface area contributed by atoms with Gasteiger partial charge in [0.2, 0.25) is 11.8 Å². The second kappa shape index (κ2) is 16.7. The molecule has 1 unspecified atom stereocenters. The topological polar surface area (TPSA) is 86.8 Å². The maximum Gasteiger partial charge on any atom is 0.264 e. The Morgan fingerprint density at radius 3 is 2.17 bits per heavy atom. The number of carbonyl (C=O) groups excluding carboxylic acids is 2. The number of hydrogen-bond donors (Lipinski definition) is 1. The highest BCUT2D eigenvalue weighted by atomic mass is 35.5. The summed E-state index contributed by atoms with van der Waals surface area (Å²) in [6, 6.07) is 24.1. The van der Waals surface area contributed by atoms with Gasteiger partial charge in [0.15, 0.2) is 0 Å². The van der Waals surface area contributed by atoms with Gasteiger partial charge in [-0.2, -0.15) is 0 Å². The molecule has 4 aromatic carbocycles. The minimum absolute atomic E-state index is 0.0228. The fourth-order valence-electron chi connectivity index (χ4n) is 4.93. The van der Waals surface area contributed by atoms with Crippen molar-refractivity contribution in [3.63, 3.8) is 0 Å². The van der Waals surface area contributed by atoms with Crippen molar-refractivity contribution in [3.8, 4) is 0 Å². The van der Waals surface area contributed by atoms with Crippen LogP contribution in [0.2, 0.25) is 20.1 Å². The van der Waals surface area contributed by atoms with Crippen LogP contribution < -0.4 is 9.62 Å². The lowest BCUT2D eigenvalue weighted by Crippen LogP contribution is -2.53. The van der Waals surface area contributed by atoms with Gasteiger partial charge in [0.25, 0.3) is 10.0 Å². The summed E-state index contributed by atoms with van der Waals surface area (Å²) in [6.45, 7) is 3.53. The zero-order valence-corrected chi connectivity index (χ0v) is 29.8. The van der Waals surface area contributed by atoms with Gasteiger partial charge in [-0.3, -0.25) is 13.9 Å². The number of anilines is 1. The van der Waals surface area contributed by atoms with Crippen molar-refractivity contribution in [1.29, 1.82) is 0 Å². The number of benzene rings is 4. The molecule has 47 heavy (non-hydrogen) atoms. The lowest BCUT2D eigenvalue weighted by atomic mass is 10.0. The van der Waals surface area contributed by atoms with Crippen molar-refractivity contribution in [3.05, 3.63) is 128 Å². The van der Waals surface area contributed by atoms with Crippen molar-refractivity contribution >= 4 is 73.9 Å². The summed E-state index contributed by atoms with van der Waals surface area (Å²) < 4.78 is 29.4. The maximum absolute atomic E-state index is 14.6. The number of amides is 2. The summed E-state index contributed by atoms with van der Waals surface area (Å²) in [5, 5.41) is 3.65. The number of nitrogens with zero attached hydrogens (tertiary/aromatic N) is 2. The van der Waals surface area contributed by atoms with Crippen LogP contribution in [0.4, 0.5) is 5.69 Å². The number of hydrogen-bond acceptors (Lipinski definition) is 4. The van der Waals surface area contributed by atoms with E-state index >= 15 is 0 Å². The standard InChI is InChI=1S/C35H35Cl4N3O4S/c1-3-4-19-40-35(44)32(21-25-9-6-5-7-10-25)41(22-26-15-18-28(36)30(38)20-26)33(43)23-42(31-12-8-11-29(37)34(31)39)47(45,46)27-16-13-24(2)14-17-27/h5-18,20,32H,3-4,19,21-23H2,1-2H3,(H,40,44). The Labute approximate surface area is 296 Å². The second-order valence-corrected chi connectivity index (χ2v) is 14.5. The molecular weight excluding hydrogens is 700 g/mol. The maximum atomic E-state index is 14.6. The highest BCUT2D eigenvalue weighted by molar-refractivity contribution is 7.92. The first-order chi connectivity index (χ1) is 22.4. The third-order valence-corrected chi connectivity index (χ3v) is 10.8. The molecule has 4 rings (SSSR count). The molecule has 7 nitrogen and oxygen atoms in total. The number of sulfonamides is 1. The molecule has 12 heteroatoms. The van der Waals surface area contributed by atoms with E-state index in [1.54, 1.807) is 36.4 Å². The zero-order valence-electron chi connectivity index (χ0n) is 25.9. The normalized spacial score (nSPS) is 12.0. The number of unbranched alkanes of at least 4 members (excludes halogenated alkanes) is 1. The van der Waals surface area contributed by atoms with Gasteiger partial charge in [0.05, 0.1) is 30.7 Å². The predicted molar refractivity (Wildman–Crippen MR) is 191 cm³/mol. The van der Waals surface area contributed by atoms with Crippen molar-refractivity contribution in [1.82, 2.24) is 10.2 Å². The first-order valence-corrected chi connectivity index (χ1v) is 18.0. The molecule has 2 amide bonds. The average Bonchev–Trinajstić information content (AvgIpc) is 3.05. The predicted octanol–water partition coefficient (Wildman–Crippen LogP) is 8.36. The van der Waals surface area contributed by atoms with E-state index in [1.165, 1.54) is 29.2 Å². The lowest BCUT2D eigenvalue weighted by molar-refractivity contribution is -0.140. The summed E-state index contributed by atoms with van der Waals surface area (Å²) >= 11 is 25.4. The van der Waals surface area contributed by atoms with Crippen LogP contribution >= 0.6 is 46.4 Å². The zero-order chi connectivity index (χ0) is 34.1. The third kappa shape index (κ3) is 9.42. The molecule has 0 spiro atoms. The lowest BCUT2D eigenvalue weighted by Gasteiger charge is -2.34. The quantitative estimate of drug-likeness (QED) is 0.132. The molecule has 1 atom stereocenters. The molecule has 0 aliphatic carbocycles. The highest BCUT2D eigenvalue weighted by Crippen LogP contribution is 2.36.